The van der Waals surface area contributed by atoms with Gasteiger partial charge in [0.15, 0.2) is 11.9 Å². The van der Waals surface area contributed by atoms with Crippen molar-refractivity contribution in [1.82, 2.24) is 30.0 Å². The molecule has 1 fully saturated rings. The molecular weight excluding hydrogens is 479 g/mol. The van der Waals surface area contributed by atoms with Gasteiger partial charge in [-0.1, -0.05) is 0 Å². The number of carbonyl (C=O) groups excluding carboxylic acids is 1. The van der Waals surface area contributed by atoms with Crippen LogP contribution in [0.15, 0.2) is 24.5 Å². The van der Waals surface area contributed by atoms with Crippen LogP contribution in [0.2, 0.25) is 0 Å². The number of nitrogens with zero attached hydrogens (tertiary/aromatic N) is 5. The highest BCUT2D eigenvalue weighted by atomic mass is 19.4. The molecule has 0 amide bonds. The number of hydrogen-bond donors (Lipinski definition) is 2. The van der Waals surface area contributed by atoms with Gasteiger partial charge in [-0.05, 0) is 50.6 Å². The molecule has 1 saturated heterocycles. The smallest absolute Gasteiger partial charge is 0.490 e. The van der Waals surface area contributed by atoms with Crippen molar-refractivity contribution in [2.45, 2.75) is 44.3 Å². The van der Waals surface area contributed by atoms with Gasteiger partial charge in [-0.3, -0.25) is 4.90 Å². The number of nitrogens with one attached hydrogen (secondary N) is 2. The first-order valence-corrected chi connectivity index (χ1v) is 11.6. The van der Waals surface area contributed by atoms with Gasteiger partial charge < -0.3 is 20.1 Å². The number of anilines is 2. The van der Waals surface area contributed by atoms with Gasteiger partial charge in [0.25, 0.3) is 0 Å². The Kier molecular flexibility index (Phi) is 6.43. The molecule has 13 heteroatoms. The van der Waals surface area contributed by atoms with Gasteiger partial charge in [0.2, 0.25) is 5.95 Å². The van der Waals surface area contributed by atoms with E-state index in [-0.39, 0.29) is 5.95 Å². The number of carbonyl (C=O) groups is 1. The third kappa shape index (κ3) is 4.80. The minimum Gasteiger partial charge on any atom is -0.495 e. The number of rotatable bonds is 6. The lowest BCUT2D eigenvalue weighted by Gasteiger charge is -2.34. The van der Waals surface area contributed by atoms with Crippen LogP contribution in [0.1, 0.15) is 30.2 Å². The zero-order chi connectivity index (χ0) is 25.4. The van der Waals surface area contributed by atoms with E-state index < -0.39 is 18.4 Å². The number of alkyl halides is 3. The Morgan fingerprint density at radius 1 is 1.31 bits per heavy atom. The van der Waals surface area contributed by atoms with Crippen LogP contribution >= 0.6 is 0 Å². The largest absolute Gasteiger partial charge is 0.495 e. The van der Waals surface area contributed by atoms with E-state index in [1.807, 2.05) is 4.68 Å². The average molecular weight is 506 g/mol. The van der Waals surface area contributed by atoms with Crippen molar-refractivity contribution < 1.29 is 27.4 Å². The van der Waals surface area contributed by atoms with Crippen LogP contribution in [-0.2, 0) is 22.5 Å². The highest BCUT2D eigenvalue weighted by molar-refractivity contribution is 5.77. The zero-order valence-corrected chi connectivity index (χ0v) is 19.8. The molecule has 2 N–H and O–H groups in total. The summed E-state index contributed by atoms with van der Waals surface area (Å²) < 4.78 is 50.9. The predicted molar refractivity (Wildman–Crippen MR) is 124 cm³/mol. The Morgan fingerprint density at radius 3 is 2.86 bits per heavy atom. The number of halogens is 3. The van der Waals surface area contributed by atoms with Crippen molar-refractivity contribution in [1.29, 1.82) is 0 Å². The number of hydrogen-bond acceptors (Lipinski definition) is 9. The first kappa shape index (κ1) is 24.3. The SMILES string of the molecule is COc1cc2c(cc1Nc1ncc3cnn(CC4CCCN4)c3n1)[C@@H](OC(=O)C(F)(F)F)N(C)CC2. The van der Waals surface area contributed by atoms with Crippen molar-refractivity contribution in [3.63, 3.8) is 0 Å². The molecule has 2 aliphatic rings. The van der Waals surface area contributed by atoms with Gasteiger partial charge in [-0.2, -0.15) is 23.3 Å². The number of benzene rings is 1. The van der Waals surface area contributed by atoms with Crippen LogP contribution in [0.3, 0.4) is 0 Å². The number of ether oxygens (including phenoxy) is 2. The number of fused-ring (bicyclic) bond motifs is 2. The van der Waals surface area contributed by atoms with Crippen LogP contribution in [0.4, 0.5) is 24.8 Å². The van der Waals surface area contributed by atoms with Gasteiger partial charge in [-0.25, -0.2) is 14.5 Å². The van der Waals surface area contributed by atoms with Crippen molar-refractivity contribution in [2.24, 2.45) is 0 Å². The van der Waals surface area contributed by atoms with Crippen LogP contribution in [0.25, 0.3) is 11.0 Å². The van der Waals surface area contributed by atoms with E-state index in [9.17, 15) is 18.0 Å². The molecule has 0 spiro atoms. The summed E-state index contributed by atoms with van der Waals surface area (Å²) in [5, 5.41) is 11.8. The van der Waals surface area contributed by atoms with E-state index in [2.05, 4.69) is 25.7 Å². The van der Waals surface area contributed by atoms with Crippen LogP contribution in [-0.4, -0.2) is 70.1 Å². The molecule has 2 aromatic heterocycles. The van der Waals surface area contributed by atoms with Crippen molar-refractivity contribution in [3.05, 3.63) is 35.7 Å². The zero-order valence-electron chi connectivity index (χ0n) is 19.8. The minimum atomic E-state index is -5.09. The van der Waals surface area contributed by atoms with Crippen molar-refractivity contribution >= 4 is 28.6 Å². The maximum atomic E-state index is 12.9. The normalized spacial score (nSPS) is 20.4. The molecule has 0 radical (unpaired) electrons. The topological polar surface area (TPSA) is 106 Å². The van der Waals surface area contributed by atoms with Crippen LogP contribution < -0.4 is 15.4 Å². The number of aromatic nitrogens is 4. The van der Waals surface area contributed by atoms with E-state index >= 15 is 0 Å². The molecular formula is C23H26F3N7O3. The Morgan fingerprint density at radius 2 is 2.14 bits per heavy atom. The van der Waals surface area contributed by atoms with Gasteiger partial charge in [0.05, 0.1) is 30.9 Å². The molecule has 192 valence electrons. The molecule has 3 aromatic rings. The fraction of sp³-hybridized carbons (Fsp3) is 0.478. The number of esters is 1. The highest BCUT2D eigenvalue weighted by Gasteiger charge is 2.44. The van der Waals surface area contributed by atoms with Crippen LogP contribution in [0.5, 0.6) is 5.75 Å². The van der Waals surface area contributed by atoms with Gasteiger partial charge in [-0.15, -0.1) is 0 Å². The maximum Gasteiger partial charge on any atom is 0.490 e. The lowest BCUT2D eigenvalue weighted by atomic mass is 9.97. The third-order valence-electron chi connectivity index (χ3n) is 6.49. The summed E-state index contributed by atoms with van der Waals surface area (Å²) in [4.78, 5) is 22.1. The summed E-state index contributed by atoms with van der Waals surface area (Å²) in [6.07, 6.45) is -0.174. The average Bonchev–Trinajstić information content (AvgIpc) is 3.50. The summed E-state index contributed by atoms with van der Waals surface area (Å²) in [6.45, 7) is 2.08. The second-order valence-corrected chi connectivity index (χ2v) is 8.95. The Hall–Kier alpha value is -3.45. The molecule has 4 heterocycles. The highest BCUT2D eigenvalue weighted by Crippen LogP contribution is 2.38. The molecule has 5 rings (SSSR count). The molecule has 1 unspecified atom stereocenters. The molecule has 10 nitrogen and oxygen atoms in total. The second kappa shape index (κ2) is 9.54. The summed E-state index contributed by atoms with van der Waals surface area (Å²) >= 11 is 0. The second-order valence-electron chi connectivity index (χ2n) is 8.95. The predicted octanol–water partition coefficient (Wildman–Crippen LogP) is 2.92. The summed E-state index contributed by atoms with van der Waals surface area (Å²) in [5.74, 6) is -1.50. The Balaban J connectivity index is 1.45. The molecule has 0 bridgehead atoms. The minimum absolute atomic E-state index is 0.273. The summed E-state index contributed by atoms with van der Waals surface area (Å²) in [6, 6.07) is 3.67. The molecule has 1 aromatic carbocycles. The number of likely N-dealkylation sites (N-methyl/N-ethyl adjacent to an activating group) is 1. The van der Waals surface area contributed by atoms with E-state index in [1.165, 1.54) is 7.11 Å². The fourth-order valence-electron chi connectivity index (χ4n) is 4.63. The third-order valence-corrected chi connectivity index (χ3v) is 6.49. The maximum absolute atomic E-state index is 12.9. The monoisotopic (exact) mass is 505 g/mol. The lowest BCUT2D eigenvalue weighted by Crippen LogP contribution is -2.38. The van der Waals surface area contributed by atoms with E-state index in [1.54, 1.807) is 36.5 Å². The quantitative estimate of drug-likeness (QED) is 0.489. The molecule has 0 saturated carbocycles. The Bertz CT molecular complexity index is 1270. The standard InChI is InChI=1S/C23H26F3N7O3/c1-32-7-5-13-8-18(35-2)17(9-16(13)20(32)36-21(34)23(24,25)26)30-22-28-10-14-11-29-33(19(14)31-22)12-15-4-3-6-27-15/h8-11,15,20,27H,3-7,12H2,1-2H3,(H,28,30,31)/t15?,20-/m1/s1. The molecule has 2 atom stereocenters. The van der Waals surface area contributed by atoms with Gasteiger partial charge in [0.1, 0.15) is 5.75 Å². The Labute approximate surface area is 204 Å². The molecule has 36 heavy (non-hydrogen) atoms. The number of methoxy groups -OCH3 is 1. The van der Waals surface area contributed by atoms with Crippen molar-refractivity contribution in [3.8, 4) is 5.75 Å². The summed E-state index contributed by atoms with van der Waals surface area (Å²) in [7, 11) is 3.10. The van der Waals surface area contributed by atoms with Gasteiger partial charge in [0, 0.05) is 24.3 Å². The first-order valence-electron chi connectivity index (χ1n) is 11.6. The van der Waals surface area contributed by atoms with Crippen molar-refractivity contribution in [2.75, 3.05) is 32.6 Å². The van der Waals surface area contributed by atoms with E-state index in [0.717, 1.165) is 30.3 Å². The van der Waals surface area contributed by atoms with Crippen LogP contribution in [0, 0.1) is 0 Å². The van der Waals surface area contributed by atoms with E-state index in [4.69, 9.17) is 9.47 Å². The first-order chi connectivity index (χ1) is 17.2. The van der Waals surface area contributed by atoms with Gasteiger partial charge >= 0.3 is 12.1 Å². The fourth-order valence-corrected chi connectivity index (χ4v) is 4.63. The van der Waals surface area contributed by atoms with E-state index in [0.29, 0.717) is 48.2 Å². The summed E-state index contributed by atoms with van der Waals surface area (Å²) in [5.41, 5.74) is 2.26. The molecule has 0 aliphatic carbocycles. The lowest BCUT2D eigenvalue weighted by molar-refractivity contribution is -0.213. The molecule has 2 aliphatic heterocycles.